The van der Waals surface area contributed by atoms with Gasteiger partial charge in [-0.15, -0.1) is 0 Å². The summed E-state index contributed by atoms with van der Waals surface area (Å²) in [6, 6.07) is 0.322. The van der Waals surface area contributed by atoms with Crippen LogP contribution in [0.5, 0.6) is 0 Å². The van der Waals surface area contributed by atoms with Crippen LogP contribution >= 0.6 is 12.2 Å². The van der Waals surface area contributed by atoms with Crippen LogP contribution in [0.25, 0.3) is 0 Å². The standard InChI is InChI=1S/C13H26N4O4SSi/c1-5-19-23(20-6-2,21-7-3)10-8-9-14-12(18)17-13(22)15-11(4)16-17/h5-10H2,1-4H3,(H,14,18)(H,15,16,22). The van der Waals surface area contributed by atoms with E-state index in [9.17, 15) is 4.79 Å². The predicted octanol–water partition coefficient (Wildman–Crippen LogP) is 2.25. The summed E-state index contributed by atoms with van der Waals surface area (Å²) in [4.78, 5) is 16.0. The third-order valence-electron chi connectivity index (χ3n) is 2.96. The van der Waals surface area contributed by atoms with Crippen LogP contribution in [0.4, 0.5) is 4.79 Å². The summed E-state index contributed by atoms with van der Waals surface area (Å²) in [6.45, 7) is 9.60. The molecule has 0 fully saturated rings. The molecule has 0 radical (unpaired) electrons. The molecule has 0 aliphatic carbocycles. The Morgan fingerprint density at radius 3 is 2.26 bits per heavy atom. The van der Waals surface area contributed by atoms with Crippen LogP contribution in [-0.4, -0.2) is 56.0 Å². The molecule has 1 heterocycles. The molecule has 2 N–H and O–H groups in total. The molecule has 0 saturated heterocycles. The largest absolute Gasteiger partial charge is 0.500 e. The second-order valence-electron chi connectivity index (χ2n) is 4.74. The summed E-state index contributed by atoms with van der Waals surface area (Å²) in [5.41, 5.74) is 0. The first-order valence-corrected chi connectivity index (χ1v) is 10.2. The fourth-order valence-electron chi connectivity index (χ4n) is 2.15. The number of nitrogens with zero attached hydrogens (tertiary/aromatic N) is 2. The molecule has 0 aliphatic rings. The average Bonchev–Trinajstić information content (AvgIpc) is 2.83. The van der Waals surface area contributed by atoms with Crippen molar-refractivity contribution in [3.8, 4) is 0 Å². The molecular weight excluding hydrogens is 336 g/mol. The molecular formula is C13H26N4O4SSi. The fraction of sp³-hybridized carbons (Fsp3) is 0.769. The number of amides is 1. The van der Waals surface area contributed by atoms with E-state index in [0.717, 1.165) is 0 Å². The van der Waals surface area contributed by atoms with Gasteiger partial charge in [0.1, 0.15) is 5.82 Å². The zero-order valence-corrected chi connectivity index (χ0v) is 16.0. The van der Waals surface area contributed by atoms with Crippen molar-refractivity contribution in [3.63, 3.8) is 0 Å². The van der Waals surface area contributed by atoms with Crippen LogP contribution < -0.4 is 5.32 Å². The zero-order chi connectivity index (χ0) is 17.3. The van der Waals surface area contributed by atoms with E-state index in [1.165, 1.54) is 4.68 Å². The molecule has 1 aromatic heterocycles. The lowest BCUT2D eigenvalue weighted by molar-refractivity contribution is 0.0708. The third-order valence-corrected chi connectivity index (χ3v) is 6.39. The minimum absolute atomic E-state index is 0.210. The van der Waals surface area contributed by atoms with Crippen molar-refractivity contribution in [1.82, 2.24) is 20.1 Å². The molecule has 0 unspecified atom stereocenters. The van der Waals surface area contributed by atoms with Gasteiger partial charge < -0.3 is 18.6 Å². The van der Waals surface area contributed by atoms with Gasteiger partial charge in [0, 0.05) is 32.4 Å². The van der Waals surface area contributed by atoms with E-state index in [4.69, 9.17) is 25.5 Å². The van der Waals surface area contributed by atoms with Gasteiger partial charge in [-0.25, -0.2) is 9.78 Å². The quantitative estimate of drug-likeness (QED) is 0.377. The van der Waals surface area contributed by atoms with Gasteiger partial charge in [-0.05, 0) is 46.3 Å². The topological polar surface area (TPSA) is 90.4 Å². The molecule has 1 amide bonds. The van der Waals surface area contributed by atoms with Crippen LogP contribution in [-0.2, 0) is 13.3 Å². The van der Waals surface area contributed by atoms with Crippen LogP contribution in [0.2, 0.25) is 6.04 Å². The van der Waals surface area contributed by atoms with E-state index in [1.54, 1.807) is 6.92 Å². The van der Waals surface area contributed by atoms with Crippen molar-refractivity contribution in [2.45, 2.75) is 40.2 Å². The van der Waals surface area contributed by atoms with Gasteiger partial charge in [-0.1, -0.05) is 0 Å². The second-order valence-corrected chi connectivity index (χ2v) is 7.84. The lowest BCUT2D eigenvalue weighted by atomic mass is 10.5. The first kappa shape index (κ1) is 20.0. The number of aryl methyl sites for hydroxylation is 1. The van der Waals surface area contributed by atoms with Crippen LogP contribution in [0, 0.1) is 11.7 Å². The number of rotatable bonds is 10. The lowest BCUT2D eigenvalue weighted by Gasteiger charge is -2.28. The van der Waals surface area contributed by atoms with Gasteiger partial charge in [0.25, 0.3) is 0 Å². The Hall–Kier alpha value is -1.07. The van der Waals surface area contributed by atoms with Gasteiger partial charge in [0.2, 0.25) is 4.77 Å². The first-order valence-electron chi connectivity index (χ1n) is 7.83. The maximum absolute atomic E-state index is 12.0. The molecule has 1 rings (SSSR count). The van der Waals surface area contributed by atoms with Crippen molar-refractivity contribution in [2.75, 3.05) is 26.4 Å². The SMILES string of the molecule is CCO[Si](CCCNC(=O)n1[nH]c(C)nc1=S)(OCC)OCC. The maximum Gasteiger partial charge on any atom is 0.500 e. The van der Waals surface area contributed by atoms with Crippen LogP contribution in [0.15, 0.2) is 0 Å². The molecule has 0 spiro atoms. The molecule has 1 aromatic rings. The Kier molecular flexibility index (Phi) is 8.62. The predicted molar refractivity (Wildman–Crippen MR) is 91.0 cm³/mol. The number of carbonyl (C=O) groups is 1. The highest BCUT2D eigenvalue weighted by Gasteiger charge is 2.39. The Morgan fingerprint density at radius 1 is 1.26 bits per heavy atom. The molecule has 0 saturated carbocycles. The number of nitrogens with one attached hydrogen (secondary N) is 2. The first-order chi connectivity index (χ1) is 11.0. The van der Waals surface area contributed by atoms with Gasteiger partial charge in [-0.2, -0.15) is 4.68 Å². The van der Waals surface area contributed by atoms with E-state index in [0.29, 0.717) is 44.7 Å². The van der Waals surface area contributed by atoms with Crippen molar-refractivity contribution in [1.29, 1.82) is 0 Å². The Balaban J connectivity index is 2.51. The van der Waals surface area contributed by atoms with Crippen molar-refractivity contribution in [3.05, 3.63) is 10.6 Å². The van der Waals surface area contributed by atoms with E-state index in [1.807, 2.05) is 20.8 Å². The number of aromatic nitrogens is 3. The second kappa shape index (κ2) is 9.93. The highest BCUT2D eigenvalue weighted by molar-refractivity contribution is 7.71. The summed E-state index contributed by atoms with van der Waals surface area (Å²) < 4.78 is 18.7. The maximum atomic E-state index is 12.0. The summed E-state index contributed by atoms with van der Waals surface area (Å²) in [7, 11) is -2.65. The Labute approximate surface area is 142 Å². The number of hydrogen-bond acceptors (Lipinski definition) is 6. The molecule has 8 nitrogen and oxygen atoms in total. The van der Waals surface area contributed by atoms with Crippen LogP contribution in [0.3, 0.4) is 0 Å². The van der Waals surface area contributed by atoms with Crippen molar-refractivity contribution >= 4 is 27.1 Å². The van der Waals surface area contributed by atoms with E-state index in [-0.39, 0.29) is 10.8 Å². The zero-order valence-electron chi connectivity index (χ0n) is 14.2. The Morgan fingerprint density at radius 2 is 1.83 bits per heavy atom. The number of carbonyl (C=O) groups excluding carboxylic acids is 1. The monoisotopic (exact) mass is 362 g/mol. The third kappa shape index (κ3) is 6.15. The highest BCUT2D eigenvalue weighted by Crippen LogP contribution is 2.17. The lowest BCUT2D eigenvalue weighted by Crippen LogP contribution is -2.46. The van der Waals surface area contributed by atoms with Crippen LogP contribution in [0.1, 0.15) is 33.0 Å². The molecule has 23 heavy (non-hydrogen) atoms. The van der Waals surface area contributed by atoms with Crippen molar-refractivity contribution < 1.29 is 18.1 Å². The molecule has 10 heteroatoms. The minimum Gasteiger partial charge on any atom is -0.374 e. The summed E-state index contributed by atoms with van der Waals surface area (Å²) >= 11 is 5.00. The van der Waals surface area contributed by atoms with Gasteiger partial charge in [0.15, 0.2) is 0 Å². The fourth-order valence-corrected chi connectivity index (χ4v) is 5.02. The average molecular weight is 363 g/mol. The molecule has 0 aliphatic heterocycles. The summed E-state index contributed by atoms with van der Waals surface area (Å²) in [5.74, 6) is 0.598. The Bertz CT molecular complexity index is 531. The van der Waals surface area contributed by atoms with E-state index >= 15 is 0 Å². The van der Waals surface area contributed by atoms with Gasteiger partial charge in [0.05, 0.1) is 0 Å². The number of aromatic amines is 1. The van der Waals surface area contributed by atoms with E-state index in [2.05, 4.69) is 15.4 Å². The van der Waals surface area contributed by atoms with Gasteiger partial charge >= 0.3 is 14.8 Å². The summed E-state index contributed by atoms with van der Waals surface area (Å²) in [6.07, 6.45) is 0.693. The highest BCUT2D eigenvalue weighted by atomic mass is 32.1. The normalized spacial score (nSPS) is 11.7. The number of H-pyrrole nitrogens is 1. The van der Waals surface area contributed by atoms with Crippen molar-refractivity contribution in [2.24, 2.45) is 0 Å². The molecule has 0 aromatic carbocycles. The molecule has 0 bridgehead atoms. The van der Waals surface area contributed by atoms with Gasteiger partial charge in [-0.3, -0.25) is 5.10 Å². The summed E-state index contributed by atoms with van der Waals surface area (Å²) in [5, 5.41) is 5.58. The molecule has 132 valence electrons. The number of hydrogen-bond donors (Lipinski definition) is 2. The smallest absolute Gasteiger partial charge is 0.374 e. The minimum atomic E-state index is -2.65. The van der Waals surface area contributed by atoms with E-state index < -0.39 is 8.80 Å². The molecule has 0 atom stereocenters.